The highest BCUT2D eigenvalue weighted by atomic mass is 32.1. The average Bonchev–Trinajstić information content (AvgIpc) is 3.05. The van der Waals surface area contributed by atoms with Crippen LogP contribution in [0.2, 0.25) is 0 Å². The summed E-state index contributed by atoms with van der Waals surface area (Å²) in [4.78, 5) is 39.4. The molecule has 6 nitrogen and oxygen atoms in total. The van der Waals surface area contributed by atoms with Crippen molar-refractivity contribution in [3.63, 3.8) is 0 Å². The van der Waals surface area contributed by atoms with E-state index in [1.54, 1.807) is 5.38 Å². The number of carbonyl (C=O) groups excluding carboxylic acids is 3. The van der Waals surface area contributed by atoms with Crippen molar-refractivity contribution in [2.45, 2.75) is 44.9 Å². The van der Waals surface area contributed by atoms with E-state index in [-0.39, 0.29) is 31.0 Å². The minimum atomic E-state index is -0.469. The molecule has 0 fully saturated rings. The van der Waals surface area contributed by atoms with Gasteiger partial charge in [-0.2, -0.15) is 0 Å². The van der Waals surface area contributed by atoms with Gasteiger partial charge < -0.3 is 11.1 Å². The third-order valence-corrected chi connectivity index (χ3v) is 5.21. The number of nitrogens with one attached hydrogen (secondary N) is 1. The smallest absolute Gasteiger partial charge is 0.226 e. The number of benzene rings is 1. The first-order valence-electron chi connectivity index (χ1n) is 8.69. The quantitative estimate of drug-likeness (QED) is 0.730. The summed E-state index contributed by atoms with van der Waals surface area (Å²) < 4.78 is 0. The fourth-order valence-electron chi connectivity index (χ4n) is 3.08. The lowest BCUT2D eigenvalue weighted by molar-refractivity contribution is -0.117. The molecular formula is C19H21N3O3S. The molecule has 3 rings (SSSR count). The summed E-state index contributed by atoms with van der Waals surface area (Å²) in [5.74, 6) is -0.762. The van der Waals surface area contributed by atoms with Crippen molar-refractivity contribution in [3.8, 4) is 0 Å². The number of primary amides is 1. The van der Waals surface area contributed by atoms with Crippen molar-refractivity contribution in [1.82, 2.24) is 4.98 Å². The standard InChI is InChI=1S/C19H21N3O3S/c20-17(24)10-15-11-26-19(21-15)22-18(25)8-7-16(23)14-6-5-12-3-1-2-4-13(12)9-14/h5-6,9,11H,1-4,7-8,10H2,(H2,20,24)(H,21,22,25). The number of hydrogen-bond donors (Lipinski definition) is 2. The lowest BCUT2D eigenvalue weighted by atomic mass is 9.89. The van der Waals surface area contributed by atoms with Gasteiger partial charge in [0, 0.05) is 23.8 Å². The minimum Gasteiger partial charge on any atom is -0.369 e. The highest BCUT2D eigenvalue weighted by molar-refractivity contribution is 7.13. The Kier molecular flexibility index (Phi) is 5.78. The van der Waals surface area contributed by atoms with E-state index in [1.807, 2.05) is 18.2 Å². The highest BCUT2D eigenvalue weighted by Gasteiger charge is 2.15. The Labute approximate surface area is 155 Å². The van der Waals surface area contributed by atoms with Gasteiger partial charge in [0.25, 0.3) is 0 Å². The van der Waals surface area contributed by atoms with Gasteiger partial charge in [0.1, 0.15) is 0 Å². The van der Waals surface area contributed by atoms with Crippen molar-refractivity contribution >= 4 is 34.1 Å². The number of hydrogen-bond acceptors (Lipinski definition) is 5. The Balaban J connectivity index is 1.51. The van der Waals surface area contributed by atoms with Crippen LogP contribution in [-0.2, 0) is 28.9 Å². The van der Waals surface area contributed by atoms with E-state index in [2.05, 4.69) is 10.3 Å². The van der Waals surface area contributed by atoms with Crippen molar-refractivity contribution < 1.29 is 14.4 Å². The molecule has 0 bridgehead atoms. The van der Waals surface area contributed by atoms with Crippen LogP contribution in [0.1, 0.15) is 52.9 Å². The lowest BCUT2D eigenvalue weighted by Gasteiger charge is -2.16. The molecule has 3 N–H and O–H groups in total. The summed E-state index contributed by atoms with van der Waals surface area (Å²) in [6.07, 6.45) is 4.78. The van der Waals surface area contributed by atoms with Crippen LogP contribution in [0.25, 0.3) is 0 Å². The van der Waals surface area contributed by atoms with Crippen LogP contribution in [0.3, 0.4) is 0 Å². The number of nitrogens with two attached hydrogens (primary N) is 1. The monoisotopic (exact) mass is 371 g/mol. The highest BCUT2D eigenvalue weighted by Crippen LogP contribution is 2.23. The zero-order chi connectivity index (χ0) is 18.5. The average molecular weight is 371 g/mol. The molecule has 0 saturated carbocycles. The van der Waals surface area contributed by atoms with Crippen molar-refractivity contribution in [2.24, 2.45) is 5.73 Å². The SMILES string of the molecule is NC(=O)Cc1csc(NC(=O)CCC(=O)c2ccc3c(c2)CCCC3)n1. The van der Waals surface area contributed by atoms with E-state index in [0.29, 0.717) is 16.4 Å². The predicted octanol–water partition coefficient (Wildman–Crippen LogP) is 2.65. The number of Topliss-reactive ketones (excluding diaryl/α,β-unsaturated/α-hetero) is 1. The Hall–Kier alpha value is -2.54. The number of nitrogens with zero attached hydrogens (tertiary/aromatic N) is 1. The molecule has 136 valence electrons. The Morgan fingerprint density at radius 2 is 1.88 bits per heavy atom. The third kappa shape index (κ3) is 4.76. The molecule has 0 radical (unpaired) electrons. The summed E-state index contributed by atoms with van der Waals surface area (Å²) in [7, 11) is 0. The molecule has 1 aromatic heterocycles. The van der Waals surface area contributed by atoms with Gasteiger partial charge in [-0.3, -0.25) is 14.4 Å². The van der Waals surface area contributed by atoms with E-state index in [4.69, 9.17) is 5.73 Å². The fraction of sp³-hybridized carbons (Fsp3) is 0.368. The maximum atomic E-state index is 12.4. The third-order valence-electron chi connectivity index (χ3n) is 4.40. The van der Waals surface area contributed by atoms with Gasteiger partial charge in [0.2, 0.25) is 11.8 Å². The van der Waals surface area contributed by atoms with Crippen LogP contribution < -0.4 is 11.1 Å². The van der Waals surface area contributed by atoms with Gasteiger partial charge in [-0.1, -0.05) is 12.1 Å². The normalized spacial score (nSPS) is 13.1. The summed E-state index contributed by atoms with van der Waals surface area (Å²) in [5, 5.41) is 4.75. The maximum absolute atomic E-state index is 12.4. The number of carbonyl (C=O) groups is 3. The second-order valence-corrected chi connectivity index (χ2v) is 7.31. The topological polar surface area (TPSA) is 102 Å². The van der Waals surface area contributed by atoms with Crippen molar-refractivity contribution in [3.05, 3.63) is 46.0 Å². The molecule has 0 aliphatic heterocycles. The largest absolute Gasteiger partial charge is 0.369 e. The first-order valence-corrected chi connectivity index (χ1v) is 9.57. The van der Waals surface area contributed by atoms with Crippen LogP contribution in [0.5, 0.6) is 0 Å². The predicted molar refractivity (Wildman–Crippen MR) is 100 cm³/mol. The van der Waals surface area contributed by atoms with Gasteiger partial charge in [-0.05, 0) is 42.9 Å². The minimum absolute atomic E-state index is 0.0259. The van der Waals surface area contributed by atoms with Gasteiger partial charge in [0.05, 0.1) is 12.1 Å². The van der Waals surface area contributed by atoms with Crippen LogP contribution >= 0.6 is 11.3 Å². The maximum Gasteiger partial charge on any atom is 0.226 e. The van der Waals surface area contributed by atoms with Gasteiger partial charge in [-0.15, -0.1) is 11.3 Å². The molecule has 1 aromatic carbocycles. The molecule has 0 unspecified atom stereocenters. The van der Waals surface area contributed by atoms with E-state index in [0.717, 1.165) is 12.8 Å². The fourth-order valence-corrected chi connectivity index (χ4v) is 3.81. The number of thiazole rings is 1. The Morgan fingerprint density at radius 3 is 2.65 bits per heavy atom. The molecular weight excluding hydrogens is 350 g/mol. The second kappa shape index (κ2) is 8.23. The molecule has 0 saturated heterocycles. The molecule has 1 aliphatic rings. The molecule has 0 atom stereocenters. The second-order valence-electron chi connectivity index (χ2n) is 6.45. The first kappa shape index (κ1) is 18.3. The first-order chi connectivity index (χ1) is 12.5. The number of amides is 2. The molecule has 0 spiro atoms. The molecule has 2 amide bonds. The van der Waals surface area contributed by atoms with Crippen molar-refractivity contribution in [1.29, 1.82) is 0 Å². The number of anilines is 1. The number of ketones is 1. The number of aryl methyl sites for hydroxylation is 2. The van der Waals surface area contributed by atoms with Crippen LogP contribution in [-0.4, -0.2) is 22.6 Å². The zero-order valence-corrected chi connectivity index (χ0v) is 15.2. The summed E-state index contributed by atoms with van der Waals surface area (Å²) >= 11 is 1.23. The Morgan fingerprint density at radius 1 is 1.12 bits per heavy atom. The van der Waals surface area contributed by atoms with Crippen molar-refractivity contribution in [2.75, 3.05) is 5.32 Å². The van der Waals surface area contributed by atoms with Gasteiger partial charge in [-0.25, -0.2) is 4.98 Å². The summed E-state index contributed by atoms with van der Waals surface area (Å²) in [6, 6.07) is 5.88. The molecule has 26 heavy (non-hydrogen) atoms. The Bertz CT molecular complexity index is 844. The molecule has 1 heterocycles. The van der Waals surface area contributed by atoms with E-state index in [1.165, 1.54) is 35.3 Å². The van der Waals surface area contributed by atoms with Crippen LogP contribution in [0.4, 0.5) is 5.13 Å². The number of aromatic nitrogens is 1. The zero-order valence-electron chi connectivity index (χ0n) is 14.4. The van der Waals surface area contributed by atoms with E-state index in [9.17, 15) is 14.4 Å². The van der Waals surface area contributed by atoms with Gasteiger partial charge >= 0.3 is 0 Å². The van der Waals surface area contributed by atoms with Crippen LogP contribution in [0.15, 0.2) is 23.6 Å². The molecule has 7 heteroatoms. The number of rotatable bonds is 7. The summed E-state index contributed by atoms with van der Waals surface area (Å²) in [6.45, 7) is 0. The van der Waals surface area contributed by atoms with E-state index < -0.39 is 5.91 Å². The van der Waals surface area contributed by atoms with Gasteiger partial charge in [0.15, 0.2) is 10.9 Å². The molecule has 1 aliphatic carbocycles. The van der Waals surface area contributed by atoms with Crippen LogP contribution in [0, 0.1) is 0 Å². The number of fused-ring (bicyclic) bond motifs is 1. The lowest BCUT2D eigenvalue weighted by Crippen LogP contribution is -2.15. The van der Waals surface area contributed by atoms with E-state index >= 15 is 0 Å². The molecule has 2 aromatic rings. The summed E-state index contributed by atoms with van der Waals surface area (Å²) in [5.41, 5.74) is 8.92.